The van der Waals surface area contributed by atoms with E-state index in [1.807, 2.05) is 6.07 Å². The van der Waals surface area contributed by atoms with Crippen LogP contribution in [0.25, 0.3) is 0 Å². The summed E-state index contributed by atoms with van der Waals surface area (Å²) in [4.78, 5) is 27.2. The minimum atomic E-state index is -0.747. The zero-order valence-corrected chi connectivity index (χ0v) is 12.0. The number of benzene rings is 1. The highest BCUT2D eigenvalue weighted by atomic mass is 35.5. The summed E-state index contributed by atoms with van der Waals surface area (Å²) in [5, 5.41) is 11.6. The zero-order chi connectivity index (χ0) is 15.9. The Morgan fingerprint density at radius 2 is 2.14 bits per heavy atom. The van der Waals surface area contributed by atoms with Crippen LogP contribution in [0.15, 0.2) is 42.6 Å². The minimum Gasteiger partial charge on any atom is -0.451 e. The number of rotatable bonds is 4. The van der Waals surface area contributed by atoms with E-state index >= 15 is 0 Å². The molecule has 0 spiro atoms. The van der Waals surface area contributed by atoms with Crippen molar-refractivity contribution in [3.8, 4) is 6.07 Å². The van der Waals surface area contributed by atoms with Crippen LogP contribution in [0.5, 0.6) is 0 Å². The number of carbonyl (C=O) groups excluding carboxylic acids is 2. The maximum Gasteiger partial charge on any atom is 0.357 e. The summed E-state index contributed by atoms with van der Waals surface area (Å²) in [6, 6.07) is 11.2. The van der Waals surface area contributed by atoms with Crippen molar-refractivity contribution < 1.29 is 14.3 Å². The largest absolute Gasteiger partial charge is 0.451 e. The van der Waals surface area contributed by atoms with Crippen molar-refractivity contribution >= 4 is 29.2 Å². The second kappa shape index (κ2) is 7.20. The highest BCUT2D eigenvalue weighted by Crippen LogP contribution is 2.10. The van der Waals surface area contributed by atoms with E-state index in [0.29, 0.717) is 16.3 Å². The number of hydrogen-bond donors (Lipinski definition) is 1. The number of amides is 1. The van der Waals surface area contributed by atoms with Gasteiger partial charge in [0.05, 0.1) is 11.6 Å². The molecule has 0 aliphatic heterocycles. The van der Waals surface area contributed by atoms with Gasteiger partial charge in [-0.25, -0.2) is 9.78 Å². The minimum absolute atomic E-state index is 0.0202. The molecule has 0 unspecified atom stereocenters. The standard InChI is InChI=1S/C15H10ClN3O3/c16-11-4-5-18-13(7-11)15(21)22-9-14(20)19-12-3-1-2-10(6-12)8-17/h1-7H,9H2,(H,19,20). The number of esters is 1. The third-order valence-electron chi connectivity index (χ3n) is 2.54. The third kappa shape index (κ3) is 4.30. The number of halogens is 1. The fourth-order valence-electron chi connectivity index (χ4n) is 1.58. The monoisotopic (exact) mass is 315 g/mol. The van der Waals surface area contributed by atoms with E-state index in [9.17, 15) is 9.59 Å². The van der Waals surface area contributed by atoms with E-state index in [0.717, 1.165) is 0 Å². The molecule has 2 aromatic rings. The zero-order valence-electron chi connectivity index (χ0n) is 11.2. The van der Waals surface area contributed by atoms with Crippen LogP contribution in [0.1, 0.15) is 16.1 Å². The van der Waals surface area contributed by atoms with E-state index in [-0.39, 0.29) is 5.69 Å². The second-order valence-corrected chi connectivity index (χ2v) is 4.61. The molecular formula is C15H10ClN3O3. The normalized spacial score (nSPS) is 9.64. The first-order valence-electron chi connectivity index (χ1n) is 6.17. The van der Waals surface area contributed by atoms with E-state index in [1.54, 1.807) is 18.2 Å². The first-order chi connectivity index (χ1) is 10.6. The molecule has 6 nitrogen and oxygen atoms in total. The predicted octanol–water partition coefficient (Wildman–Crippen LogP) is 2.40. The van der Waals surface area contributed by atoms with Gasteiger partial charge in [-0.3, -0.25) is 4.79 Å². The summed E-state index contributed by atoms with van der Waals surface area (Å²) in [6.07, 6.45) is 1.37. The quantitative estimate of drug-likeness (QED) is 0.875. The number of pyridine rings is 1. The van der Waals surface area contributed by atoms with Gasteiger partial charge < -0.3 is 10.1 Å². The van der Waals surface area contributed by atoms with Crippen LogP contribution < -0.4 is 5.32 Å². The highest BCUT2D eigenvalue weighted by Gasteiger charge is 2.12. The molecule has 1 aromatic carbocycles. The molecule has 1 amide bonds. The van der Waals surface area contributed by atoms with E-state index < -0.39 is 18.5 Å². The van der Waals surface area contributed by atoms with Crippen molar-refractivity contribution in [3.63, 3.8) is 0 Å². The third-order valence-corrected chi connectivity index (χ3v) is 2.78. The van der Waals surface area contributed by atoms with E-state index in [2.05, 4.69) is 10.3 Å². The molecule has 0 atom stereocenters. The molecule has 7 heteroatoms. The number of nitrogens with zero attached hydrogens (tertiary/aromatic N) is 2. The van der Waals surface area contributed by atoms with Crippen molar-refractivity contribution in [1.29, 1.82) is 5.26 Å². The van der Waals surface area contributed by atoms with Crippen LogP contribution in [0.4, 0.5) is 5.69 Å². The molecule has 110 valence electrons. The van der Waals surface area contributed by atoms with Gasteiger partial charge in [0, 0.05) is 16.9 Å². The smallest absolute Gasteiger partial charge is 0.357 e. The molecule has 0 saturated heterocycles. The summed E-state index contributed by atoms with van der Waals surface area (Å²) < 4.78 is 4.84. The number of carbonyl (C=O) groups is 2. The van der Waals surface area contributed by atoms with E-state index in [4.69, 9.17) is 21.6 Å². The number of aromatic nitrogens is 1. The maximum absolute atomic E-state index is 11.7. The van der Waals surface area contributed by atoms with Gasteiger partial charge in [0.25, 0.3) is 5.91 Å². The van der Waals surface area contributed by atoms with Gasteiger partial charge in [0.15, 0.2) is 6.61 Å². The van der Waals surface area contributed by atoms with Gasteiger partial charge in [0.1, 0.15) is 5.69 Å². The van der Waals surface area contributed by atoms with Crippen LogP contribution in [0.2, 0.25) is 5.02 Å². The average Bonchev–Trinajstić information content (AvgIpc) is 2.52. The molecule has 22 heavy (non-hydrogen) atoms. The Balaban J connectivity index is 1.90. The lowest BCUT2D eigenvalue weighted by molar-refractivity contribution is -0.119. The average molecular weight is 316 g/mol. The molecule has 0 aliphatic rings. The summed E-state index contributed by atoms with van der Waals surface area (Å²) in [5.74, 6) is -1.27. The Hall–Kier alpha value is -2.91. The lowest BCUT2D eigenvalue weighted by atomic mass is 10.2. The van der Waals surface area contributed by atoms with Crippen molar-refractivity contribution in [2.45, 2.75) is 0 Å². The van der Waals surface area contributed by atoms with Crippen molar-refractivity contribution in [2.24, 2.45) is 0 Å². The van der Waals surface area contributed by atoms with Gasteiger partial charge in [-0.2, -0.15) is 5.26 Å². The number of nitrogens with one attached hydrogen (secondary N) is 1. The Morgan fingerprint density at radius 1 is 1.32 bits per heavy atom. The van der Waals surface area contributed by atoms with Crippen molar-refractivity contribution in [1.82, 2.24) is 4.98 Å². The van der Waals surface area contributed by atoms with Crippen LogP contribution in [-0.2, 0) is 9.53 Å². The number of anilines is 1. The lowest BCUT2D eigenvalue weighted by Crippen LogP contribution is -2.21. The Bertz CT molecular complexity index is 756. The first-order valence-corrected chi connectivity index (χ1v) is 6.55. The Labute approximate surface area is 131 Å². The summed E-state index contributed by atoms with van der Waals surface area (Å²) in [7, 11) is 0. The van der Waals surface area contributed by atoms with Gasteiger partial charge in [-0.15, -0.1) is 0 Å². The van der Waals surface area contributed by atoms with Crippen LogP contribution in [0, 0.1) is 11.3 Å². The lowest BCUT2D eigenvalue weighted by Gasteiger charge is -2.06. The van der Waals surface area contributed by atoms with Crippen molar-refractivity contribution in [2.75, 3.05) is 11.9 Å². The van der Waals surface area contributed by atoms with Crippen LogP contribution >= 0.6 is 11.6 Å². The molecule has 0 aliphatic carbocycles. The predicted molar refractivity (Wildman–Crippen MR) is 79.3 cm³/mol. The molecule has 0 radical (unpaired) electrons. The first kappa shape index (κ1) is 15.5. The Morgan fingerprint density at radius 3 is 2.86 bits per heavy atom. The van der Waals surface area contributed by atoms with Gasteiger partial charge in [-0.1, -0.05) is 17.7 Å². The van der Waals surface area contributed by atoms with Crippen molar-refractivity contribution in [3.05, 3.63) is 58.9 Å². The fourth-order valence-corrected chi connectivity index (χ4v) is 1.74. The van der Waals surface area contributed by atoms with Crippen LogP contribution in [0.3, 0.4) is 0 Å². The molecule has 0 bridgehead atoms. The number of ether oxygens (including phenoxy) is 1. The highest BCUT2D eigenvalue weighted by molar-refractivity contribution is 6.30. The summed E-state index contributed by atoms with van der Waals surface area (Å²) in [5.41, 5.74) is 0.880. The second-order valence-electron chi connectivity index (χ2n) is 4.18. The Kier molecular flexibility index (Phi) is 5.07. The topological polar surface area (TPSA) is 92.1 Å². The molecule has 1 heterocycles. The fraction of sp³-hybridized carbons (Fsp3) is 0.0667. The molecule has 0 saturated carbocycles. The molecule has 2 rings (SSSR count). The molecule has 1 N–H and O–H groups in total. The summed E-state index contributed by atoms with van der Waals surface area (Å²) >= 11 is 5.73. The van der Waals surface area contributed by atoms with E-state index in [1.165, 1.54) is 24.4 Å². The summed E-state index contributed by atoms with van der Waals surface area (Å²) in [6.45, 7) is -0.468. The molecule has 1 aromatic heterocycles. The number of nitriles is 1. The van der Waals surface area contributed by atoms with Gasteiger partial charge in [-0.05, 0) is 30.3 Å². The molecular weight excluding hydrogens is 306 g/mol. The number of hydrogen-bond acceptors (Lipinski definition) is 5. The van der Waals surface area contributed by atoms with Gasteiger partial charge in [0.2, 0.25) is 0 Å². The molecule has 0 fully saturated rings. The SMILES string of the molecule is N#Cc1cccc(NC(=O)COC(=O)c2cc(Cl)ccn2)c1. The van der Waals surface area contributed by atoms with Crippen LogP contribution in [-0.4, -0.2) is 23.5 Å². The maximum atomic E-state index is 11.7. The van der Waals surface area contributed by atoms with Gasteiger partial charge >= 0.3 is 5.97 Å².